The van der Waals surface area contributed by atoms with Gasteiger partial charge in [0.2, 0.25) is 5.12 Å². The second kappa shape index (κ2) is 9.31. The summed E-state index contributed by atoms with van der Waals surface area (Å²) in [5.74, 6) is 0.954. The number of hydrogen-bond donors (Lipinski definition) is 0. The Kier molecular flexibility index (Phi) is 7.40. The second-order valence-corrected chi connectivity index (χ2v) is 7.71. The molecule has 1 heterocycles. The average molecular weight is 400 g/mol. The van der Waals surface area contributed by atoms with E-state index in [1.54, 1.807) is 30.0 Å². The maximum Gasteiger partial charge on any atom is 0.308 e. The van der Waals surface area contributed by atoms with Crippen LogP contribution in [0.15, 0.2) is 22.8 Å². The minimum Gasteiger partial charge on any atom is -0.490 e. The van der Waals surface area contributed by atoms with Crippen molar-refractivity contribution in [1.82, 2.24) is 0 Å². The maximum absolute atomic E-state index is 12.1. The van der Waals surface area contributed by atoms with E-state index in [1.165, 1.54) is 6.92 Å². The fraction of sp³-hybridized carbons (Fsp3) is 0.353. The SMILES string of the molecule is CCCSC1=N/C(=C\c2cc(Cl)c(OC(C)=O)c(OCC)c2)C(=O)S1. The summed E-state index contributed by atoms with van der Waals surface area (Å²) < 4.78 is 11.4. The summed E-state index contributed by atoms with van der Waals surface area (Å²) in [6, 6.07) is 3.28. The van der Waals surface area contributed by atoms with Crippen LogP contribution in [0.25, 0.3) is 6.08 Å². The lowest BCUT2D eigenvalue weighted by Gasteiger charge is -2.12. The summed E-state index contributed by atoms with van der Waals surface area (Å²) in [6.45, 7) is 5.57. The van der Waals surface area contributed by atoms with Gasteiger partial charge in [-0.15, -0.1) is 0 Å². The molecule has 0 spiro atoms. The predicted octanol–water partition coefficient (Wildman–Crippen LogP) is 4.78. The summed E-state index contributed by atoms with van der Waals surface area (Å²) in [7, 11) is 0. The van der Waals surface area contributed by atoms with Crippen LogP contribution in [0.4, 0.5) is 0 Å². The van der Waals surface area contributed by atoms with Crippen LogP contribution in [0.3, 0.4) is 0 Å². The van der Waals surface area contributed by atoms with E-state index in [9.17, 15) is 9.59 Å². The number of carbonyl (C=O) groups excluding carboxylic acids is 2. The molecule has 1 aliphatic rings. The zero-order chi connectivity index (χ0) is 18.4. The van der Waals surface area contributed by atoms with Crippen LogP contribution in [-0.4, -0.2) is 27.8 Å². The van der Waals surface area contributed by atoms with Gasteiger partial charge >= 0.3 is 5.97 Å². The van der Waals surface area contributed by atoms with Crippen molar-refractivity contribution in [3.63, 3.8) is 0 Å². The fourth-order valence-electron chi connectivity index (χ4n) is 1.98. The molecule has 0 unspecified atom stereocenters. The average Bonchev–Trinajstić information content (AvgIpc) is 2.88. The molecule has 0 bridgehead atoms. The number of carbonyl (C=O) groups is 2. The molecule has 0 atom stereocenters. The van der Waals surface area contributed by atoms with Gasteiger partial charge in [0.15, 0.2) is 11.5 Å². The summed E-state index contributed by atoms with van der Waals surface area (Å²) in [4.78, 5) is 27.7. The fourth-order valence-corrected chi connectivity index (χ4v) is 4.00. The molecule has 0 N–H and O–H groups in total. The highest BCUT2D eigenvalue weighted by molar-refractivity contribution is 8.45. The lowest BCUT2D eigenvalue weighted by Crippen LogP contribution is -2.05. The standard InChI is InChI=1S/C17H18ClNO4S2/c1-4-6-24-17-19-13(16(21)25-17)8-11-7-12(18)15(23-10(3)20)14(9-11)22-5-2/h7-9H,4-6H2,1-3H3/b13-8-. The topological polar surface area (TPSA) is 65.0 Å². The van der Waals surface area contributed by atoms with Gasteiger partial charge in [-0.1, -0.05) is 30.3 Å². The van der Waals surface area contributed by atoms with E-state index in [2.05, 4.69) is 11.9 Å². The number of aliphatic imine (C=N–C) groups is 1. The van der Waals surface area contributed by atoms with Crippen molar-refractivity contribution in [2.75, 3.05) is 12.4 Å². The molecule has 8 heteroatoms. The van der Waals surface area contributed by atoms with E-state index in [0.717, 1.165) is 28.3 Å². The van der Waals surface area contributed by atoms with Crippen LogP contribution in [-0.2, 0) is 9.59 Å². The maximum atomic E-state index is 12.1. The largest absolute Gasteiger partial charge is 0.490 e. The molecule has 1 aromatic rings. The van der Waals surface area contributed by atoms with Crippen LogP contribution in [0.2, 0.25) is 5.02 Å². The van der Waals surface area contributed by atoms with Gasteiger partial charge in [0.1, 0.15) is 10.1 Å². The summed E-state index contributed by atoms with van der Waals surface area (Å²) in [5.41, 5.74) is 1.01. The van der Waals surface area contributed by atoms with Crippen LogP contribution in [0.1, 0.15) is 32.8 Å². The molecule has 134 valence electrons. The van der Waals surface area contributed by atoms with Crippen molar-refractivity contribution < 1.29 is 19.1 Å². The van der Waals surface area contributed by atoms with Gasteiger partial charge in [-0.25, -0.2) is 4.99 Å². The highest BCUT2D eigenvalue weighted by Gasteiger charge is 2.23. The lowest BCUT2D eigenvalue weighted by molar-refractivity contribution is -0.132. The number of nitrogens with zero attached hydrogens (tertiary/aromatic N) is 1. The van der Waals surface area contributed by atoms with Crippen LogP contribution >= 0.6 is 35.1 Å². The third-order valence-electron chi connectivity index (χ3n) is 2.91. The molecule has 1 aromatic carbocycles. The highest BCUT2D eigenvalue weighted by Crippen LogP contribution is 2.38. The van der Waals surface area contributed by atoms with Crippen molar-refractivity contribution >= 4 is 56.7 Å². The molecule has 0 amide bonds. The van der Waals surface area contributed by atoms with Gasteiger partial charge in [0.05, 0.1) is 11.6 Å². The van der Waals surface area contributed by atoms with Gasteiger partial charge in [0, 0.05) is 6.92 Å². The molecule has 1 aliphatic heterocycles. The van der Waals surface area contributed by atoms with E-state index < -0.39 is 5.97 Å². The number of ether oxygens (including phenoxy) is 2. The number of rotatable bonds is 6. The zero-order valence-electron chi connectivity index (χ0n) is 14.1. The summed E-state index contributed by atoms with van der Waals surface area (Å²) in [6.07, 6.45) is 2.67. The third-order valence-corrected chi connectivity index (χ3v) is 5.41. The van der Waals surface area contributed by atoms with Crippen molar-refractivity contribution in [3.05, 3.63) is 28.4 Å². The van der Waals surface area contributed by atoms with Gasteiger partial charge in [-0.2, -0.15) is 0 Å². The first kappa shape index (κ1) is 19.9. The molecular weight excluding hydrogens is 382 g/mol. The van der Waals surface area contributed by atoms with E-state index in [4.69, 9.17) is 21.1 Å². The Bertz CT molecular complexity index is 746. The molecule has 0 fully saturated rings. The third kappa shape index (κ3) is 5.52. The normalized spacial score (nSPS) is 15.4. The Morgan fingerprint density at radius 2 is 2.16 bits per heavy atom. The number of halogens is 1. The van der Waals surface area contributed by atoms with Crippen molar-refractivity contribution in [3.8, 4) is 11.5 Å². The van der Waals surface area contributed by atoms with E-state index in [0.29, 0.717) is 23.6 Å². The molecule has 0 aromatic heterocycles. The Balaban J connectivity index is 2.34. The molecule has 25 heavy (non-hydrogen) atoms. The van der Waals surface area contributed by atoms with Crippen molar-refractivity contribution in [1.29, 1.82) is 0 Å². The second-order valence-electron chi connectivity index (χ2n) is 5.00. The Hall–Kier alpha value is -1.44. The number of esters is 1. The van der Waals surface area contributed by atoms with Crippen LogP contribution in [0, 0.1) is 0 Å². The monoisotopic (exact) mass is 399 g/mol. The molecule has 0 saturated heterocycles. The predicted molar refractivity (Wildman–Crippen MR) is 105 cm³/mol. The molecule has 5 nitrogen and oxygen atoms in total. The quantitative estimate of drug-likeness (QED) is 0.389. The van der Waals surface area contributed by atoms with Crippen molar-refractivity contribution in [2.24, 2.45) is 4.99 Å². The van der Waals surface area contributed by atoms with Gasteiger partial charge in [-0.3, -0.25) is 9.59 Å². The number of thioether (sulfide) groups is 2. The summed E-state index contributed by atoms with van der Waals surface area (Å²) in [5, 5.41) is 0.132. The molecule has 2 rings (SSSR count). The lowest BCUT2D eigenvalue weighted by atomic mass is 10.1. The number of hydrogen-bond acceptors (Lipinski definition) is 7. The zero-order valence-corrected chi connectivity index (χ0v) is 16.5. The Morgan fingerprint density at radius 1 is 1.40 bits per heavy atom. The van der Waals surface area contributed by atoms with Gasteiger partial charge < -0.3 is 9.47 Å². The van der Waals surface area contributed by atoms with E-state index in [1.807, 2.05) is 6.92 Å². The van der Waals surface area contributed by atoms with Crippen LogP contribution < -0.4 is 9.47 Å². The van der Waals surface area contributed by atoms with Crippen LogP contribution in [0.5, 0.6) is 11.5 Å². The smallest absolute Gasteiger partial charge is 0.308 e. The minimum absolute atomic E-state index is 0.100. The first-order valence-corrected chi connectivity index (χ1v) is 9.92. The summed E-state index contributed by atoms with van der Waals surface area (Å²) >= 11 is 8.92. The minimum atomic E-state index is -0.487. The van der Waals surface area contributed by atoms with Gasteiger partial charge in [-0.05, 0) is 54.6 Å². The van der Waals surface area contributed by atoms with Crippen molar-refractivity contribution in [2.45, 2.75) is 27.2 Å². The Morgan fingerprint density at radius 3 is 2.80 bits per heavy atom. The highest BCUT2D eigenvalue weighted by atomic mass is 35.5. The van der Waals surface area contributed by atoms with E-state index >= 15 is 0 Å². The molecule has 0 radical (unpaired) electrons. The molecule has 0 aliphatic carbocycles. The number of benzene rings is 1. The van der Waals surface area contributed by atoms with Gasteiger partial charge in [0.25, 0.3) is 0 Å². The first-order valence-electron chi connectivity index (χ1n) is 7.74. The first-order chi connectivity index (χ1) is 11.9. The molecular formula is C17H18ClNO4S2. The van der Waals surface area contributed by atoms with E-state index in [-0.39, 0.29) is 15.9 Å². The Labute approximate surface area is 160 Å². The molecule has 0 saturated carbocycles.